The number of rotatable bonds is 2. The molecule has 3 rings (SSSR count). The number of pyridine rings is 1. The molecule has 1 aromatic carbocycles. The first-order valence-corrected chi connectivity index (χ1v) is 7.09. The van der Waals surface area contributed by atoms with E-state index in [1.165, 1.54) is 17.5 Å². The second kappa shape index (κ2) is 5.22. The lowest BCUT2D eigenvalue weighted by molar-refractivity contribution is 0.534. The van der Waals surface area contributed by atoms with E-state index in [0.29, 0.717) is 17.1 Å². The topological polar surface area (TPSA) is 24.9 Å². The quantitative estimate of drug-likeness (QED) is 0.796. The maximum absolute atomic E-state index is 5.93. The highest BCUT2D eigenvalue weighted by Gasteiger charge is 2.24. The summed E-state index contributed by atoms with van der Waals surface area (Å²) in [6, 6.07) is 12.9. The summed E-state index contributed by atoms with van der Waals surface area (Å²) in [5.74, 6) is 0.648. The Morgan fingerprint density at radius 2 is 1.95 bits per heavy atom. The van der Waals surface area contributed by atoms with E-state index >= 15 is 0 Å². The molecule has 1 heterocycles. The maximum Gasteiger partial charge on any atom is 0.131 e. The van der Waals surface area contributed by atoms with Crippen LogP contribution in [0.3, 0.4) is 0 Å². The van der Waals surface area contributed by atoms with Gasteiger partial charge in [-0.1, -0.05) is 42.8 Å². The molecule has 19 heavy (non-hydrogen) atoms. The van der Waals surface area contributed by atoms with Gasteiger partial charge in [0.2, 0.25) is 0 Å². The molecule has 3 heteroatoms. The van der Waals surface area contributed by atoms with Crippen molar-refractivity contribution in [2.24, 2.45) is 0 Å². The fourth-order valence-electron chi connectivity index (χ4n) is 2.85. The number of anilines is 1. The normalized spacial score (nSPS) is 21.8. The van der Waals surface area contributed by atoms with Crippen LogP contribution in [0.4, 0.5) is 5.69 Å². The Labute approximate surface area is 118 Å². The van der Waals surface area contributed by atoms with Crippen LogP contribution in [0.5, 0.6) is 0 Å². The molecule has 2 unspecified atom stereocenters. The van der Waals surface area contributed by atoms with Gasteiger partial charge in [-0.25, -0.2) is 4.98 Å². The van der Waals surface area contributed by atoms with Crippen molar-refractivity contribution < 1.29 is 0 Å². The molecule has 0 amide bonds. The van der Waals surface area contributed by atoms with Gasteiger partial charge in [-0.05, 0) is 42.0 Å². The second-order valence-electron chi connectivity index (χ2n) is 5.17. The van der Waals surface area contributed by atoms with E-state index in [1.807, 2.05) is 12.1 Å². The minimum absolute atomic E-state index is 0.367. The van der Waals surface area contributed by atoms with Gasteiger partial charge in [0.25, 0.3) is 0 Å². The summed E-state index contributed by atoms with van der Waals surface area (Å²) in [4.78, 5) is 4.01. The first-order chi connectivity index (χ1) is 9.24. The van der Waals surface area contributed by atoms with Crippen LogP contribution in [-0.4, -0.2) is 4.98 Å². The van der Waals surface area contributed by atoms with Crippen molar-refractivity contribution in [2.45, 2.75) is 31.7 Å². The third-order valence-electron chi connectivity index (χ3n) is 3.86. The Morgan fingerprint density at radius 1 is 1.16 bits per heavy atom. The van der Waals surface area contributed by atoms with E-state index in [9.17, 15) is 0 Å². The lowest BCUT2D eigenvalue weighted by Crippen LogP contribution is -2.19. The first-order valence-electron chi connectivity index (χ1n) is 6.71. The van der Waals surface area contributed by atoms with Crippen molar-refractivity contribution in [3.05, 3.63) is 58.9 Å². The van der Waals surface area contributed by atoms with Crippen molar-refractivity contribution in [3.63, 3.8) is 0 Å². The molecule has 0 radical (unpaired) electrons. The summed E-state index contributed by atoms with van der Waals surface area (Å²) < 4.78 is 0. The number of hydrogen-bond acceptors (Lipinski definition) is 2. The Kier molecular flexibility index (Phi) is 3.43. The largest absolute Gasteiger partial charge is 0.378 e. The Morgan fingerprint density at radius 3 is 2.74 bits per heavy atom. The van der Waals surface area contributed by atoms with Crippen LogP contribution < -0.4 is 5.32 Å². The molecule has 1 aliphatic carbocycles. The summed E-state index contributed by atoms with van der Waals surface area (Å²) in [5.41, 5.74) is 3.91. The molecule has 1 N–H and O–H groups in total. The van der Waals surface area contributed by atoms with E-state index in [2.05, 4.69) is 41.5 Å². The standard InChI is InChI=1S/C16H17ClN2/c1-11-6-7-15(14-5-3-2-4-13(11)14)19-12-8-9-18-16(17)10-12/h2-5,8-11,15H,6-7H2,1H3,(H,18,19). The predicted molar refractivity (Wildman–Crippen MR) is 79.7 cm³/mol. The molecule has 2 atom stereocenters. The van der Waals surface area contributed by atoms with Gasteiger partial charge in [0, 0.05) is 11.9 Å². The predicted octanol–water partition coefficient (Wildman–Crippen LogP) is 4.79. The van der Waals surface area contributed by atoms with Crippen LogP contribution in [0.1, 0.15) is 42.9 Å². The van der Waals surface area contributed by atoms with E-state index in [0.717, 1.165) is 12.1 Å². The number of halogens is 1. The second-order valence-corrected chi connectivity index (χ2v) is 5.56. The van der Waals surface area contributed by atoms with Gasteiger partial charge in [-0.3, -0.25) is 0 Å². The molecule has 2 aromatic rings. The van der Waals surface area contributed by atoms with E-state index in [-0.39, 0.29) is 0 Å². The molecule has 98 valence electrons. The van der Waals surface area contributed by atoms with E-state index < -0.39 is 0 Å². The van der Waals surface area contributed by atoms with E-state index in [4.69, 9.17) is 11.6 Å². The third kappa shape index (κ3) is 2.59. The maximum atomic E-state index is 5.93. The van der Waals surface area contributed by atoms with Crippen LogP contribution in [0.25, 0.3) is 0 Å². The number of benzene rings is 1. The van der Waals surface area contributed by atoms with Crippen molar-refractivity contribution in [2.75, 3.05) is 5.32 Å². The molecule has 1 aliphatic rings. The molecule has 1 aromatic heterocycles. The minimum Gasteiger partial charge on any atom is -0.378 e. The minimum atomic E-state index is 0.367. The van der Waals surface area contributed by atoms with Crippen LogP contribution in [0, 0.1) is 0 Å². The Hall–Kier alpha value is -1.54. The van der Waals surface area contributed by atoms with Gasteiger partial charge in [-0.15, -0.1) is 0 Å². The average Bonchev–Trinajstić information content (AvgIpc) is 2.42. The average molecular weight is 273 g/mol. The van der Waals surface area contributed by atoms with Gasteiger partial charge in [0.05, 0.1) is 6.04 Å². The molecule has 0 saturated heterocycles. The molecular weight excluding hydrogens is 256 g/mol. The zero-order valence-electron chi connectivity index (χ0n) is 10.9. The smallest absolute Gasteiger partial charge is 0.131 e. The lowest BCUT2D eigenvalue weighted by atomic mass is 9.81. The molecule has 0 bridgehead atoms. The molecule has 0 saturated carbocycles. The van der Waals surface area contributed by atoms with Gasteiger partial charge in [0.15, 0.2) is 0 Å². The molecule has 0 spiro atoms. The lowest BCUT2D eigenvalue weighted by Gasteiger charge is -2.31. The SMILES string of the molecule is CC1CCC(Nc2ccnc(Cl)c2)c2ccccc21. The fourth-order valence-corrected chi connectivity index (χ4v) is 3.02. The van der Waals surface area contributed by atoms with Gasteiger partial charge in [-0.2, -0.15) is 0 Å². The van der Waals surface area contributed by atoms with Crippen molar-refractivity contribution in [1.29, 1.82) is 0 Å². The summed E-state index contributed by atoms with van der Waals surface area (Å²) >= 11 is 5.93. The van der Waals surface area contributed by atoms with Gasteiger partial charge >= 0.3 is 0 Å². The fraction of sp³-hybridized carbons (Fsp3) is 0.312. The number of hydrogen-bond donors (Lipinski definition) is 1. The third-order valence-corrected chi connectivity index (χ3v) is 4.06. The van der Waals surface area contributed by atoms with Crippen LogP contribution in [0.2, 0.25) is 5.15 Å². The molecule has 2 nitrogen and oxygen atoms in total. The Bertz CT molecular complexity index is 582. The van der Waals surface area contributed by atoms with Crippen LogP contribution in [-0.2, 0) is 0 Å². The van der Waals surface area contributed by atoms with Crippen LogP contribution >= 0.6 is 11.6 Å². The Balaban J connectivity index is 1.89. The first kappa shape index (κ1) is 12.5. The van der Waals surface area contributed by atoms with Crippen molar-refractivity contribution in [3.8, 4) is 0 Å². The van der Waals surface area contributed by atoms with E-state index in [1.54, 1.807) is 6.20 Å². The molecular formula is C16H17ClN2. The highest BCUT2D eigenvalue weighted by Crippen LogP contribution is 2.38. The van der Waals surface area contributed by atoms with Crippen molar-refractivity contribution >= 4 is 17.3 Å². The highest BCUT2D eigenvalue weighted by atomic mass is 35.5. The number of nitrogens with zero attached hydrogens (tertiary/aromatic N) is 1. The summed E-state index contributed by atoms with van der Waals surface area (Å²) in [5, 5.41) is 4.10. The van der Waals surface area contributed by atoms with Crippen molar-refractivity contribution in [1.82, 2.24) is 4.98 Å². The number of aromatic nitrogens is 1. The van der Waals surface area contributed by atoms with Gasteiger partial charge < -0.3 is 5.32 Å². The van der Waals surface area contributed by atoms with Gasteiger partial charge in [0.1, 0.15) is 5.15 Å². The molecule has 0 aliphatic heterocycles. The summed E-state index contributed by atoms with van der Waals surface area (Å²) in [7, 11) is 0. The number of fused-ring (bicyclic) bond motifs is 1. The zero-order valence-corrected chi connectivity index (χ0v) is 11.7. The summed E-state index contributed by atoms with van der Waals surface area (Å²) in [6.07, 6.45) is 4.10. The summed E-state index contributed by atoms with van der Waals surface area (Å²) in [6.45, 7) is 2.30. The highest BCUT2D eigenvalue weighted by molar-refractivity contribution is 6.29. The zero-order chi connectivity index (χ0) is 13.2. The monoisotopic (exact) mass is 272 g/mol. The number of nitrogens with one attached hydrogen (secondary N) is 1. The molecule has 0 fully saturated rings. The van der Waals surface area contributed by atoms with Crippen LogP contribution in [0.15, 0.2) is 42.6 Å².